The lowest BCUT2D eigenvalue weighted by Crippen LogP contribution is -2.52. The Hall–Kier alpha value is -3.34. The van der Waals surface area contributed by atoms with Crippen LogP contribution in [0.2, 0.25) is 0 Å². The molecule has 8 nitrogen and oxygen atoms in total. The van der Waals surface area contributed by atoms with E-state index < -0.39 is 35.8 Å². The number of carbonyl (C=O) groups is 3. The number of benzene rings is 1. The third kappa shape index (κ3) is 5.22. The van der Waals surface area contributed by atoms with E-state index >= 15 is 0 Å². The molecule has 0 radical (unpaired) electrons. The number of hydrogen-bond donors (Lipinski definition) is 2. The van der Waals surface area contributed by atoms with Gasteiger partial charge in [-0.15, -0.1) is 6.58 Å². The fraction of sp³-hybridized carbons (Fsp3) is 0.500. The third-order valence-corrected chi connectivity index (χ3v) is 6.90. The number of nitrogens with zero attached hydrogens (tertiary/aromatic N) is 2. The lowest BCUT2D eigenvalue weighted by atomic mass is 9.91. The van der Waals surface area contributed by atoms with Gasteiger partial charge in [0.2, 0.25) is 5.91 Å². The Morgan fingerprint density at radius 1 is 1.30 bits per heavy atom. The predicted octanol–water partition coefficient (Wildman–Crippen LogP) is 3.37. The minimum atomic E-state index is -4.69. The van der Waals surface area contributed by atoms with Crippen LogP contribution >= 0.6 is 0 Å². The molecule has 3 aliphatic heterocycles. The molecule has 0 spiro atoms. The molecule has 1 aromatic carbocycles. The van der Waals surface area contributed by atoms with Crippen molar-refractivity contribution in [1.29, 1.82) is 0 Å². The normalized spacial score (nSPS) is 22.9. The molecule has 0 saturated carbocycles. The van der Waals surface area contributed by atoms with Gasteiger partial charge in [0.05, 0.1) is 35.5 Å². The highest BCUT2D eigenvalue weighted by Gasteiger charge is 2.49. The van der Waals surface area contributed by atoms with Crippen LogP contribution in [-0.2, 0) is 20.5 Å². The zero-order chi connectivity index (χ0) is 26.9. The Labute approximate surface area is 213 Å². The molecule has 3 heterocycles. The van der Waals surface area contributed by atoms with Crippen molar-refractivity contribution >= 4 is 17.8 Å². The van der Waals surface area contributed by atoms with Gasteiger partial charge in [-0.1, -0.05) is 38.1 Å². The van der Waals surface area contributed by atoms with E-state index in [-0.39, 0.29) is 47.9 Å². The number of carbonyl (C=O) groups excluding carboxylic acids is 3. The summed E-state index contributed by atoms with van der Waals surface area (Å²) in [6.45, 7) is 8.15. The molecule has 1 aromatic rings. The largest absolute Gasteiger partial charge is 0.416 e. The number of alkyl halides is 3. The van der Waals surface area contributed by atoms with Gasteiger partial charge in [-0.3, -0.25) is 14.5 Å². The fourth-order valence-corrected chi connectivity index (χ4v) is 5.23. The number of urea groups is 1. The number of nitrogens with one attached hydrogen (secondary N) is 2. The maximum Gasteiger partial charge on any atom is 0.416 e. The number of amides is 4. The summed E-state index contributed by atoms with van der Waals surface area (Å²) in [4.78, 5) is 42.7. The van der Waals surface area contributed by atoms with Gasteiger partial charge in [-0.25, -0.2) is 4.79 Å². The molecule has 4 rings (SSSR count). The Balaban J connectivity index is 1.70. The SMILES string of the molecule is C=CCN1C(=O)N[C@@H](c2ccccc2C(F)(F)F)C2=C1CN([C@H](C(=O)NC[C@H]1CCCO1)C(C)C)C2=O. The first-order valence-electron chi connectivity index (χ1n) is 12.3. The molecule has 0 aromatic heterocycles. The summed E-state index contributed by atoms with van der Waals surface area (Å²) in [6.07, 6.45) is -1.57. The zero-order valence-corrected chi connectivity index (χ0v) is 20.8. The summed E-state index contributed by atoms with van der Waals surface area (Å²) >= 11 is 0. The van der Waals surface area contributed by atoms with E-state index in [2.05, 4.69) is 17.2 Å². The predicted molar refractivity (Wildman–Crippen MR) is 129 cm³/mol. The summed E-state index contributed by atoms with van der Waals surface area (Å²) in [7, 11) is 0. The Morgan fingerprint density at radius 2 is 2.03 bits per heavy atom. The molecule has 2 N–H and O–H groups in total. The van der Waals surface area contributed by atoms with E-state index in [1.807, 2.05) is 0 Å². The lowest BCUT2D eigenvalue weighted by Gasteiger charge is -2.33. The van der Waals surface area contributed by atoms with Crippen LogP contribution < -0.4 is 10.6 Å². The molecule has 1 saturated heterocycles. The Morgan fingerprint density at radius 3 is 2.65 bits per heavy atom. The monoisotopic (exact) mass is 520 g/mol. The van der Waals surface area contributed by atoms with E-state index in [1.165, 1.54) is 34.1 Å². The van der Waals surface area contributed by atoms with Gasteiger partial charge < -0.3 is 20.3 Å². The molecule has 1 fully saturated rings. The van der Waals surface area contributed by atoms with Crippen LogP contribution in [0.4, 0.5) is 18.0 Å². The zero-order valence-electron chi connectivity index (χ0n) is 20.8. The highest BCUT2D eigenvalue weighted by molar-refractivity contribution is 6.03. The molecule has 0 aliphatic carbocycles. The van der Waals surface area contributed by atoms with Crippen molar-refractivity contribution < 1.29 is 32.3 Å². The van der Waals surface area contributed by atoms with Crippen molar-refractivity contribution in [1.82, 2.24) is 20.4 Å². The van der Waals surface area contributed by atoms with Crippen LogP contribution in [0.1, 0.15) is 43.9 Å². The summed E-state index contributed by atoms with van der Waals surface area (Å²) in [5.74, 6) is -1.26. The van der Waals surface area contributed by atoms with E-state index in [0.717, 1.165) is 18.9 Å². The Bertz CT molecular complexity index is 1110. The number of rotatable bonds is 8. The van der Waals surface area contributed by atoms with Crippen molar-refractivity contribution in [2.75, 3.05) is 26.2 Å². The lowest BCUT2D eigenvalue weighted by molar-refractivity contribution is -0.139. The van der Waals surface area contributed by atoms with Crippen molar-refractivity contribution in [2.45, 2.75) is 51.1 Å². The standard InChI is InChI=1S/C26H31F3N4O4/c1-4-11-32-19-14-33(22(15(2)3)23(34)30-13-16-8-7-12-37-16)24(35)20(19)21(31-25(32)36)17-9-5-6-10-18(17)26(27,28)29/h4-6,9-10,15-16,21-22H,1,7-8,11-14H2,2-3H3,(H,30,34)(H,31,36)/t16-,21+,22+/m1/s1. The summed E-state index contributed by atoms with van der Waals surface area (Å²) in [5, 5.41) is 5.44. The van der Waals surface area contributed by atoms with E-state index in [0.29, 0.717) is 13.2 Å². The number of halogens is 3. The minimum absolute atomic E-state index is 0.0238. The van der Waals surface area contributed by atoms with E-state index in [9.17, 15) is 27.6 Å². The van der Waals surface area contributed by atoms with E-state index in [4.69, 9.17) is 4.74 Å². The van der Waals surface area contributed by atoms with Crippen LogP contribution in [0.5, 0.6) is 0 Å². The van der Waals surface area contributed by atoms with Gasteiger partial charge >= 0.3 is 12.2 Å². The molecule has 37 heavy (non-hydrogen) atoms. The highest BCUT2D eigenvalue weighted by atomic mass is 19.4. The van der Waals surface area contributed by atoms with Gasteiger partial charge in [-0.2, -0.15) is 13.2 Å². The van der Waals surface area contributed by atoms with Gasteiger partial charge in [-0.05, 0) is 30.4 Å². The molecule has 0 bridgehead atoms. The van der Waals surface area contributed by atoms with Gasteiger partial charge in [0.15, 0.2) is 0 Å². The van der Waals surface area contributed by atoms with Crippen LogP contribution in [0, 0.1) is 5.92 Å². The maximum absolute atomic E-state index is 13.9. The first kappa shape index (κ1) is 26.7. The first-order valence-corrected chi connectivity index (χ1v) is 12.3. The summed E-state index contributed by atoms with van der Waals surface area (Å²) < 4.78 is 47.1. The average molecular weight is 521 g/mol. The summed E-state index contributed by atoms with van der Waals surface area (Å²) in [6, 6.07) is 2.02. The van der Waals surface area contributed by atoms with Crippen molar-refractivity contribution in [3.05, 3.63) is 59.3 Å². The van der Waals surface area contributed by atoms with Crippen molar-refractivity contribution in [3.8, 4) is 0 Å². The molecule has 11 heteroatoms. The molecular formula is C26H31F3N4O4. The second-order valence-electron chi connectivity index (χ2n) is 9.73. The van der Waals surface area contributed by atoms with Crippen molar-refractivity contribution in [2.24, 2.45) is 5.92 Å². The van der Waals surface area contributed by atoms with Crippen LogP contribution in [0.25, 0.3) is 0 Å². The number of ether oxygens (including phenoxy) is 1. The van der Waals surface area contributed by atoms with Crippen molar-refractivity contribution in [3.63, 3.8) is 0 Å². The second kappa shape index (κ2) is 10.6. The molecule has 200 valence electrons. The van der Waals surface area contributed by atoms with Crippen LogP contribution in [0.15, 0.2) is 48.2 Å². The van der Waals surface area contributed by atoms with Gasteiger partial charge in [0.1, 0.15) is 6.04 Å². The Kier molecular flexibility index (Phi) is 7.63. The number of hydrogen-bond acceptors (Lipinski definition) is 4. The summed E-state index contributed by atoms with van der Waals surface area (Å²) in [5.41, 5.74) is -0.873. The fourth-order valence-electron chi connectivity index (χ4n) is 5.23. The van der Waals surface area contributed by atoms with Gasteiger partial charge in [0.25, 0.3) is 5.91 Å². The molecular weight excluding hydrogens is 489 g/mol. The molecule has 0 unspecified atom stereocenters. The first-order chi connectivity index (χ1) is 17.5. The second-order valence-corrected chi connectivity index (χ2v) is 9.73. The molecule has 3 aliphatic rings. The quantitative estimate of drug-likeness (QED) is 0.515. The average Bonchev–Trinajstić information content (AvgIpc) is 3.47. The minimum Gasteiger partial charge on any atom is -0.376 e. The van der Waals surface area contributed by atoms with E-state index in [1.54, 1.807) is 13.8 Å². The van der Waals surface area contributed by atoms with Gasteiger partial charge in [0, 0.05) is 19.7 Å². The molecule has 4 amide bonds. The topological polar surface area (TPSA) is 91.0 Å². The molecule has 3 atom stereocenters. The highest BCUT2D eigenvalue weighted by Crippen LogP contribution is 2.42. The smallest absolute Gasteiger partial charge is 0.376 e. The maximum atomic E-state index is 13.9. The third-order valence-electron chi connectivity index (χ3n) is 6.90. The van der Waals surface area contributed by atoms with Crippen LogP contribution in [-0.4, -0.2) is 66.0 Å². The van der Waals surface area contributed by atoms with Crippen LogP contribution in [0.3, 0.4) is 0 Å².